The molecule has 4 nitrogen and oxygen atoms in total. The summed E-state index contributed by atoms with van der Waals surface area (Å²) in [6, 6.07) is 7.78. The van der Waals surface area contributed by atoms with Crippen molar-refractivity contribution in [2.45, 2.75) is 63.8 Å². The molecule has 0 radical (unpaired) electrons. The molecule has 2 fully saturated rings. The van der Waals surface area contributed by atoms with Gasteiger partial charge in [-0.15, -0.1) is 0 Å². The number of hydrogen-bond acceptors (Lipinski definition) is 2. The maximum atomic E-state index is 9.64. The first-order valence-electron chi connectivity index (χ1n) is 9.16. The molecule has 0 amide bonds. The Morgan fingerprint density at radius 3 is 2.52 bits per heavy atom. The van der Waals surface area contributed by atoms with Crippen LogP contribution in [-0.4, -0.2) is 23.7 Å². The molecule has 0 aliphatic heterocycles. The third kappa shape index (κ3) is 5.15. The van der Waals surface area contributed by atoms with E-state index in [0.29, 0.717) is 6.04 Å². The van der Waals surface area contributed by atoms with Gasteiger partial charge in [-0.3, -0.25) is 4.99 Å². The third-order valence-corrected chi connectivity index (χ3v) is 5.04. The number of anilines is 1. The average Bonchev–Trinajstić information content (AvgIpc) is 3.07. The summed E-state index contributed by atoms with van der Waals surface area (Å²) in [6.07, 6.45) is 11.8. The number of aromatic hydroxyl groups is 1. The van der Waals surface area contributed by atoms with Crippen LogP contribution in [0.2, 0.25) is 0 Å². The van der Waals surface area contributed by atoms with Gasteiger partial charge >= 0.3 is 0 Å². The highest BCUT2D eigenvalue weighted by molar-refractivity contribution is 5.94. The van der Waals surface area contributed by atoms with Gasteiger partial charge in [-0.2, -0.15) is 0 Å². The molecule has 0 aromatic heterocycles. The highest BCUT2D eigenvalue weighted by atomic mass is 16.3. The van der Waals surface area contributed by atoms with Crippen LogP contribution in [0.5, 0.6) is 5.75 Å². The molecular formula is C19H29N3O. The number of aliphatic imine (C=N–C) groups is 1. The van der Waals surface area contributed by atoms with Crippen molar-refractivity contribution in [1.82, 2.24) is 5.32 Å². The first kappa shape index (κ1) is 16.2. The zero-order chi connectivity index (χ0) is 15.9. The van der Waals surface area contributed by atoms with Crippen LogP contribution in [0.1, 0.15) is 57.8 Å². The van der Waals surface area contributed by atoms with E-state index >= 15 is 0 Å². The molecule has 0 spiro atoms. The van der Waals surface area contributed by atoms with Gasteiger partial charge in [0.25, 0.3) is 0 Å². The zero-order valence-electron chi connectivity index (χ0n) is 13.9. The SMILES string of the molecule is Oc1cccc(NC(=NCC2CCCCC2)NC2CCCC2)c1. The number of nitrogens with zero attached hydrogens (tertiary/aromatic N) is 1. The smallest absolute Gasteiger partial charge is 0.196 e. The van der Waals surface area contributed by atoms with Crippen LogP contribution in [0.4, 0.5) is 5.69 Å². The van der Waals surface area contributed by atoms with Crippen molar-refractivity contribution in [2.24, 2.45) is 10.9 Å². The Hall–Kier alpha value is -1.71. The highest BCUT2D eigenvalue weighted by Crippen LogP contribution is 2.24. The Morgan fingerprint density at radius 2 is 1.78 bits per heavy atom. The van der Waals surface area contributed by atoms with Crippen LogP contribution in [0.3, 0.4) is 0 Å². The molecule has 3 rings (SSSR count). The van der Waals surface area contributed by atoms with E-state index in [4.69, 9.17) is 4.99 Å². The second-order valence-corrected chi connectivity index (χ2v) is 6.99. The van der Waals surface area contributed by atoms with Crippen molar-refractivity contribution >= 4 is 11.6 Å². The van der Waals surface area contributed by atoms with E-state index < -0.39 is 0 Å². The molecule has 2 aliphatic rings. The van der Waals surface area contributed by atoms with Gasteiger partial charge in [0.05, 0.1) is 0 Å². The van der Waals surface area contributed by atoms with Crippen molar-refractivity contribution < 1.29 is 5.11 Å². The van der Waals surface area contributed by atoms with Gasteiger partial charge in [0.2, 0.25) is 0 Å². The van der Waals surface area contributed by atoms with E-state index in [1.54, 1.807) is 12.1 Å². The van der Waals surface area contributed by atoms with Gasteiger partial charge in [0, 0.05) is 24.3 Å². The van der Waals surface area contributed by atoms with Gasteiger partial charge in [0.15, 0.2) is 5.96 Å². The lowest BCUT2D eigenvalue weighted by molar-refractivity contribution is 0.366. The predicted molar refractivity (Wildman–Crippen MR) is 96.0 cm³/mol. The Kier molecular flexibility index (Phi) is 5.78. The van der Waals surface area contributed by atoms with Gasteiger partial charge in [-0.05, 0) is 43.7 Å². The maximum absolute atomic E-state index is 9.64. The summed E-state index contributed by atoms with van der Waals surface area (Å²) in [4.78, 5) is 4.85. The topological polar surface area (TPSA) is 56.6 Å². The number of hydrogen-bond donors (Lipinski definition) is 3. The lowest BCUT2D eigenvalue weighted by Crippen LogP contribution is -2.38. The van der Waals surface area contributed by atoms with Crippen LogP contribution in [0, 0.1) is 5.92 Å². The Labute approximate surface area is 139 Å². The summed E-state index contributed by atoms with van der Waals surface area (Å²) in [5.74, 6) is 1.88. The van der Waals surface area contributed by atoms with Crippen LogP contribution in [0.25, 0.3) is 0 Å². The molecule has 3 N–H and O–H groups in total. The number of benzene rings is 1. The summed E-state index contributed by atoms with van der Waals surface area (Å²) in [5.41, 5.74) is 0.887. The molecule has 4 heteroatoms. The molecule has 0 bridgehead atoms. The monoisotopic (exact) mass is 315 g/mol. The minimum atomic E-state index is 0.280. The number of nitrogens with one attached hydrogen (secondary N) is 2. The van der Waals surface area contributed by atoms with E-state index in [9.17, 15) is 5.11 Å². The molecular weight excluding hydrogens is 286 g/mol. The molecule has 2 aliphatic carbocycles. The van der Waals surface area contributed by atoms with Crippen molar-refractivity contribution in [3.05, 3.63) is 24.3 Å². The van der Waals surface area contributed by atoms with E-state index in [2.05, 4.69) is 10.6 Å². The number of rotatable bonds is 4. The summed E-state index contributed by atoms with van der Waals surface area (Å²) in [7, 11) is 0. The van der Waals surface area contributed by atoms with E-state index in [1.165, 1.54) is 57.8 Å². The second-order valence-electron chi connectivity index (χ2n) is 6.99. The molecule has 0 unspecified atom stereocenters. The molecule has 23 heavy (non-hydrogen) atoms. The van der Waals surface area contributed by atoms with Crippen LogP contribution in [-0.2, 0) is 0 Å². The minimum Gasteiger partial charge on any atom is -0.508 e. The molecule has 0 saturated heterocycles. The quantitative estimate of drug-likeness (QED) is 0.574. The third-order valence-electron chi connectivity index (χ3n) is 5.04. The van der Waals surface area contributed by atoms with E-state index in [0.717, 1.165) is 24.1 Å². The molecule has 1 aromatic rings. The fourth-order valence-electron chi connectivity index (χ4n) is 3.70. The number of guanidine groups is 1. The lowest BCUT2D eigenvalue weighted by atomic mass is 9.89. The van der Waals surface area contributed by atoms with Crippen molar-refractivity contribution in [2.75, 3.05) is 11.9 Å². The zero-order valence-corrected chi connectivity index (χ0v) is 13.9. The second kappa shape index (κ2) is 8.23. The molecule has 126 valence electrons. The van der Waals surface area contributed by atoms with Gasteiger partial charge in [-0.1, -0.05) is 38.2 Å². The van der Waals surface area contributed by atoms with Crippen LogP contribution in [0.15, 0.2) is 29.3 Å². The number of phenolic OH excluding ortho intramolecular Hbond substituents is 1. The molecule has 0 atom stereocenters. The van der Waals surface area contributed by atoms with Gasteiger partial charge in [-0.25, -0.2) is 0 Å². The average molecular weight is 315 g/mol. The van der Waals surface area contributed by atoms with E-state index in [1.807, 2.05) is 12.1 Å². The fraction of sp³-hybridized carbons (Fsp3) is 0.632. The Morgan fingerprint density at radius 1 is 1.04 bits per heavy atom. The summed E-state index contributed by atoms with van der Waals surface area (Å²) in [6.45, 7) is 0.904. The predicted octanol–water partition coefficient (Wildman–Crippen LogP) is 4.27. The lowest BCUT2D eigenvalue weighted by Gasteiger charge is -2.22. The largest absolute Gasteiger partial charge is 0.508 e. The fourth-order valence-corrected chi connectivity index (χ4v) is 3.70. The highest BCUT2D eigenvalue weighted by Gasteiger charge is 2.17. The minimum absolute atomic E-state index is 0.280. The maximum Gasteiger partial charge on any atom is 0.196 e. The normalized spacial score (nSPS) is 20.6. The van der Waals surface area contributed by atoms with Crippen LogP contribution < -0.4 is 10.6 Å². The molecule has 0 heterocycles. The first-order chi connectivity index (χ1) is 11.3. The standard InChI is InChI=1S/C19H29N3O/c23-18-12-6-11-17(13-18)22-19(21-16-9-4-5-10-16)20-14-15-7-2-1-3-8-15/h6,11-13,15-16,23H,1-5,7-10,14H2,(H2,20,21,22). The van der Waals surface area contributed by atoms with Gasteiger partial charge in [0.1, 0.15) is 5.75 Å². The van der Waals surface area contributed by atoms with Crippen molar-refractivity contribution in [3.8, 4) is 5.75 Å². The number of phenols is 1. The van der Waals surface area contributed by atoms with Crippen LogP contribution >= 0.6 is 0 Å². The Balaban J connectivity index is 1.64. The summed E-state index contributed by atoms with van der Waals surface area (Å²) in [5, 5.41) is 16.6. The first-order valence-corrected chi connectivity index (χ1v) is 9.16. The van der Waals surface area contributed by atoms with Crippen molar-refractivity contribution in [1.29, 1.82) is 0 Å². The van der Waals surface area contributed by atoms with Gasteiger partial charge < -0.3 is 15.7 Å². The summed E-state index contributed by atoms with van der Waals surface area (Å²) >= 11 is 0. The summed E-state index contributed by atoms with van der Waals surface area (Å²) < 4.78 is 0. The van der Waals surface area contributed by atoms with E-state index in [-0.39, 0.29) is 5.75 Å². The van der Waals surface area contributed by atoms with Crippen molar-refractivity contribution in [3.63, 3.8) is 0 Å². The molecule has 1 aromatic carbocycles. The molecule has 2 saturated carbocycles. The Bertz CT molecular complexity index is 517.